The van der Waals surface area contributed by atoms with Crippen LogP contribution in [0.15, 0.2) is 30.3 Å². The van der Waals surface area contributed by atoms with Gasteiger partial charge in [-0.1, -0.05) is 13.0 Å². The minimum Gasteiger partial charge on any atom is -0.505 e. The summed E-state index contributed by atoms with van der Waals surface area (Å²) in [7, 11) is 0. The number of benzene rings is 2. The van der Waals surface area contributed by atoms with Gasteiger partial charge in [0.25, 0.3) is 0 Å². The predicted molar refractivity (Wildman–Crippen MR) is 140 cm³/mol. The summed E-state index contributed by atoms with van der Waals surface area (Å²) in [6, 6.07) is 9.35. The number of amides is 2. The fourth-order valence-electron chi connectivity index (χ4n) is 6.02. The highest BCUT2D eigenvalue weighted by molar-refractivity contribution is 5.94. The molecule has 0 radical (unpaired) electrons. The van der Waals surface area contributed by atoms with Crippen LogP contribution in [0.1, 0.15) is 30.3 Å². The number of nitrogens with one attached hydrogen (secondary N) is 2. The van der Waals surface area contributed by atoms with Crippen molar-refractivity contribution >= 4 is 16.9 Å². The maximum Gasteiger partial charge on any atom is 0.320 e. The van der Waals surface area contributed by atoms with Crippen LogP contribution in [-0.4, -0.2) is 84.0 Å². The van der Waals surface area contributed by atoms with E-state index in [1.807, 2.05) is 34.9 Å². The first-order valence-corrected chi connectivity index (χ1v) is 13.5. The molecule has 3 saturated heterocycles. The van der Waals surface area contributed by atoms with Gasteiger partial charge in [-0.3, -0.25) is 10.00 Å². The molecule has 2 amide bonds. The smallest absolute Gasteiger partial charge is 0.320 e. The average Bonchev–Trinajstić information content (AvgIpc) is 3.49. The van der Waals surface area contributed by atoms with Crippen molar-refractivity contribution in [3.8, 4) is 28.4 Å². The van der Waals surface area contributed by atoms with Crippen LogP contribution >= 0.6 is 0 Å². The number of phenols is 1. The van der Waals surface area contributed by atoms with Gasteiger partial charge in [0.15, 0.2) is 17.4 Å². The van der Waals surface area contributed by atoms with Crippen LogP contribution in [0, 0.1) is 5.82 Å². The standard InChI is InChI=1S/C28H28FN7O3/c1-2-14-8-24(37)19(29)9-18(14)15-3-4-17-20(7-15)32-33-25(17)26-30-21-11-35(12-22(21)31-26)28(38)34-6-5-16(10-34)39-27-23-13-36(23)27/h3-4,7-9,16,23,27,37H,2,5-6,10-13H2,1H3,(H,30,31)(H,32,33)/t16-,23?,27?,36?/m1/s1. The van der Waals surface area contributed by atoms with Crippen LogP contribution in [0.5, 0.6) is 5.75 Å². The average molecular weight is 530 g/mol. The fourth-order valence-corrected chi connectivity index (χ4v) is 6.02. The molecule has 4 aliphatic heterocycles. The zero-order chi connectivity index (χ0) is 26.4. The number of phenolic OH excluding ortho intramolecular Hbond substituents is 1. The highest BCUT2D eigenvalue weighted by Gasteiger charge is 2.64. The SMILES string of the molecule is CCc1cc(O)c(F)cc1-c1ccc2c(-c3nc4c([nH]3)CN(C(=O)N3CC[C@@H](OC5C6CN65)C3)C4)n[nH]c2c1. The quantitative estimate of drug-likeness (QED) is 0.341. The Morgan fingerprint density at radius 2 is 2.08 bits per heavy atom. The Hall–Kier alpha value is -3.96. The van der Waals surface area contributed by atoms with Gasteiger partial charge in [-0.2, -0.15) is 5.10 Å². The molecule has 0 bridgehead atoms. The number of aromatic hydroxyl groups is 1. The van der Waals surface area contributed by atoms with Crippen LogP contribution in [0.4, 0.5) is 9.18 Å². The zero-order valence-corrected chi connectivity index (χ0v) is 21.4. The van der Waals surface area contributed by atoms with Crippen molar-refractivity contribution < 1.29 is 19.0 Å². The molecule has 6 heterocycles. The lowest BCUT2D eigenvalue weighted by molar-refractivity contribution is 0.00962. The van der Waals surface area contributed by atoms with E-state index >= 15 is 0 Å². The highest BCUT2D eigenvalue weighted by Crippen LogP contribution is 2.45. The van der Waals surface area contributed by atoms with E-state index in [1.165, 1.54) is 12.1 Å². The summed E-state index contributed by atoms with van der Waals surface area (Å²) in [6.07, 6.45) is 1.99. The third-order valence-corrected chi connectivity index (χ3v) is 8.48. The van der Waals surface area contributed by atoms with E-state index in [0.29, 0.717) is 49.8 Å². The molecule has 4 atom stereocenters. The van der Waals surface area contributed by atoms with Crippen molar-refractivity contribution in [3.05, 3.63) is 53.1 Å². The van der Waals surface area contributed by atoms with Crippen LogP contribution < -0.4 is 0 Å². The number of likely N-dealkylation sites (tertiary alicyclic amines) is 1. The monoisotopic (exact) mass is 529 g/mol. The van der Waals surface area contributed by atoms with E-state index < -0.39 is 5.82 Å². The van der Waals surface area contributed by atoms with Crippen LogP contribution in [0.25, 0.3) is 33.5 Å². The lowest BCUT2D eigenvalue weighted by Gasteiger charge is -2.24. The molecule has 4 aromatic rings. The Balaban J connectivity index is 0.982. The van der Waals surface area contributed by atoms with E-state index in [0.717, 1.165) is 58.5 Å². The van der Waals surface area contributed by atoms with Gasteiger partial charge < -0.3 is 24.6 Å². The minimum absolute atomic E-state index is 0.0326. The molecule has 39 heavy (non-hydrogen) atoms. The fraction of sp³-hybridized carbons (Fsp3) is 0.393. The molecule has 2 aromatic carbocycles. The number of aromatic amines is 2. The van der Waals surface area contributed by atoms with Crippen molar-refractivity contribution in [2.75, 3.05) is 19.6 Å². The third-order valence-electron chi connectivity index (χ3n) is 8.48. The summed E-state index contributed by atoms with van der Waals surface area (Å²) in [5.41, 5.74) is 5.73. The van der Waals surface area contributed by atoms with Gasteiger partial charge >= 0.3 is 6.03 Å². The normalized spacial score (nSPS) is 24.9. The van der Waals surface area contributed by atoms with Gasteiger partial charge in [0.05, 0.1) is 42.1 Å². The second-order valence-corrected chi connectivity index (χ2v) is 10.9. The van der Waals surface area contributed by atoms with Crippen molar-refractivity contribution in [1.29, 1.82) is 0 Å². The van der Waals surface area contributed by atoms with Gasteiger partial charge in [0.2, 0.25) is 0 Å². The molecular weight excluding hydrogens is 501 g/mol. The maximum atomic E-state index is 14.1. The van der Waals surface area contributed by atoms with Gasteiger partial charge in [-0.25, -0.2) is 14.2 Å². The number of hydrogen-bond acceptors (Lipinski definition) is 6. The molecule has 200 valence electrons. The number of aromatic nitrogens is 4. The molecule has 11 heteroatoms. The number of nitrogens with zero attached hydrogens (tertiary/aromatic N) is 5. The van der Waals surface area contributed by atoms with Crippen LogP contribution in [-0.2, 0) is 24.2 Å². The number of halogens is 1. The number of carbonyl (C=O) groups excluding carboxylic acids is 1. The van der Waals surface area contributed by atoms with Gasteiger partial charge in [0.1, 0.15) is 11.9 Å². The van der Waals surface area contributed by atoms with Crippen LogP contribution in [0.3, 0.4) is 0 Å². The molecule has 0 spiro atoms. The number of H-pyrrole nitrogens is 2. The number of aryl methyl sites for hydroxylation is 1. The molecule has 0 saturated carbocycles. The van der Waals surface area contributed by atoms with E-state index in [4.69, 9.17) is 9.72 Å². The Morgan fingerprint density at radius 1 is 1.21 bits per heavy atom. The van der Waals surface area contributed by atoms with Crippen LogP contribution in [0.2, 0.25) is 0 Å². The molecule has 10 nitrogen and oxygen atoms in total. The number of urea groups is 1. The van der Waals surface area contributed by atoms with E-state index in [9.17, 15) is 14.3 Å². The molecule has 8 rings (SSSR count). The minimum atomic E-state index is -0.643. The molecule has 3 N–H and O–H groups in total. The van der Waals surface area contributed by atoms with Crippen molar-refractivity contribution in [2.45, 2.75) is 51.2 Å². The number of hydrogen-bond donors (Lipinski definition) is 3. The number of rotatable bonds is 5. The molecule has 2 aromatic heterocycles. The summed E-state index contributed by atoms with van der Waals surface area (Å²) in [6.45, 7) is 5.46. The number of imidazole rings is 1. The van der Waals surface area contributed by atoms with Gasteiger partial charge in [-0.15, -0.1) is 0 Å². The summed E-state index contributed by atoms with van der Waals surface area (Å²) >= 11 is 0. The zero-order valence-electron chi connectivity index (χ0n) is 21.4. The van der Waals surface area contributed by atoms with E-state index in [1.54, 1.807) is 0 Å². The molecule has 4 aliphatic rings. The van der Waals surface area contributed by atoms with Gasteiger partial charge in [-0.05, 0) is 53.8 Å². The Labute approximate surface area is 223 Å². The van der Waals surface area contributed by atoms with Crippen molar-refractivity contribution in [3.63, 3.8) is 0 Å². The Bertz CT molecular complexity index is 1620. The second kappa shape index (κ2) is 8.27. The maximum absolute atomic E-state index is 14.1. The number of fused-ring (bicyclic) bond motifs is 3. The number of ether oxygens (including phenoxy) is 1. The second-order valence-electron chi connectivity index (χ2n) is 10.9. The third kappa shape index (κ3) is 3.71. The lowest BCUT2D eigenvalue weighted by Crippen LogP contribution is -2.40. The summed E-state index contributed by atoms with van der Waals surface area (Å²) in [5.74, 6) is -0.326. The van der Waals surface area contributed by atoms with E-state index in [-0.39, 0.29) is 17.9 Å². The Kier molecular flexibility index (Phi) is 4.87. The van der Waals surface area contributed by atoms with Gasteiger partial charge in [0, 0.05) is 25.0 Å². The number of carbonyl (C=O) groups is 1. The topological polar surface area (TPSA) is 113 Å². The molecule has 0 aliphatic carbocycles. The summed E-state index contributed by atoms with van der Waals surface area (Å²) in [4.78, 5) is 27.3. The Morgan fingerprint density at radius 3 is 2.85 bits per heavy atom. The molecule has 3 fully saturated rings. The summed E-state index contributed by atoms with van der Waals surface area (Å²) < 4.78 is 20.2. The first-order chi connectivity index (χ1) is 19.0. The molecule has 3 unspecified atom stereocenters. The molecular formula is C28H28FN7O3. The largest absolute Gasteiger partial charge is 0.505 e. The van der Waals surface area contributed by atoms with E-state index in [2.05, 4.69) is 20.1 Å². The summed E-state index contributed by atoms with van der Waals surface area (Å²) in [5, 5.41) is 18.3. The van der Waals surface area contributed by atoms with Crippen molar-refractivity contribution in [2.24, 2.45) is 0 Å². The van der Waals surface area contributed by atoms with Crippen molar-refractivity contribution in [1.82, 2.24) is 34.9 Å². The first-order valence-electron chi connectivity index (χ1n) is 13.5. The predicted octanol–water partition coefficient (Wildman–Crippen LogP) is 3.58. The highest BCUT2D eigenvalue weighted by atomic mass is 19.1. The first kappa shape index (κ1) is 23.0. The lowest BCUT2D eigenvalue weighted by atomic mass is 9.96.